The summed E-state index contributed by atoms with van der Waals surface area (Å²) in [5.74, 6) is -1.82. The van der Waals surface area contributed by atoms with E-state index in [4.69, 9.17) is 0 Å². The molecule has 6 nitrogen and oxygen atoms in total. The lowest BCUT2D eigenvalue weighted by Gasteiger charge is -2.04. The van der Waals surface area contributed by atoms with Crippen molar-refractivity contribution in [3.63, 3.8) is 0 Å². The summed E-state index contributed by atoms with van der Waals surface area (Å²) in [6, 6.07) is 4.29. The highest BCUT2D eigenvalue weighted by atomic mass is 32.2. The number of nitrogens with zero attached hydrogens (tertiary/aromatic N) is 1. The number of benzene rings is 1. The number of hydrogen-bond donors (Lipinski definition) is 1. The molecule has 2 rings (SSSR count). The van der Waals surface area contributed by atoms with E-state index in [9.17, 15) is 22.7 Å². The van der Waals surface area contributed by atoms with Crippen LogP contribution in [0.4, 0.5) is 9.52 Å². The third-order valence-electron chi connectivity index (χ3n) is 2.22. The first-order valence-electron chi connectivity index (χ1n) is 5.30. The van der Waals surface area contributed by atoms with E-state index < -0.39 is 21.8 Å². The third kappa shape index (κ3) is 3.52. The molecule has 0 unspecified atom stereocenters. The molecular weight excluding hydrogens is 307 g/mol. The maximum atomic E-state index is 12.7. The van der Waals surface area contributed by atoms with E-state index in [-0.39, 0.29) is 16.4 Å². The van der Waals surface area contributed by atoms with E-state index in [0.717, 1.165) is 35.6 Å². The summed E-state index contributed by atoms with van der Waals surface area (Å²) in [6.07, 6.45) is 0.916. The van der Waals surface area contributed by atoms with Crippen LogP contribution in [-0.4, -0.2) is 19.4 Å². The van der Waals surface area contributed by atoms with Crippen molar-refractivity contribution in [2.45, 2.75) is 11.3 Å². The van der Waals surface area contributed by atoms with Gasteiger partial charge in [-0.25, -0.2) is 17.8 Å². The van der Waals surface area contributed by atoms with Crippen molar-refractivity contribution < 1.29 is 22.7 Å². The Morgan fingerprint density at radius 2 is 2.00 bits per heavy atom. The Hall–Kier alpha value is -2.00. The number of aromatic nitrogens is 1. The van der Waals surface area contributed by atoms with Crippen LogP contribution in [0.1, 0.15) is 4.88 Å². The Kier molecular flexibility index (Phi) is 4.00. The second kappa shape index (κ2) is 5.55. The molecule has 0 amide bonds. The molecule has 0 saturated heterocycles. The first kappa shape index (κ1) is 14.4. The fourth-order valence-corrected chi connectivity index (χ4v) is 3.41. The van der Waals surface area contributed by atoms with E-state index >= 15 is 0 Å². The number of halogens is 1. The van der Waals surface area contributed by atoms with Crippen molar-refractivity contribution in [3.05, 3.63) is 41.2 Å². The van der Waals surface area contributed by atoms with Gasteiger partial charge in [0, 0.05) is 23.5 Å². The standard InChI is InChI=1S/C11H9FN2O4S2/c12-7-1-3-9(4-2-7)20(17,18)14-11-13-6-8(19-11)5-10(15)16/h1-4,6H,5H2,(H,13,14)(H,15,16)/p-1. The van der Waals surface area contributed by atoms with E-state index in [2.05, 4.69) is 9.71 Å². The SMILES string of the molecule is O=C([O-])Cc1cnc(NS(=O)(=O)c2ccc(F)cc2)s1. The zero-order valence-electron chi connectivity index (χ0n) is 9.87. The zero-order valence-corrected chi connectivity index (χ0v) is 11.5. The first-order chi connectivity index (χ1) is 9.37. The first-order valence-corrected chi connectivity index (χ1v) is 7.60. The van der Waals surface area contributed by atoms with Crippen LogP contribution in [0, 0.1) is 5.82 Å². The molecule has 0 radical (unpaired) electrons. The Morgan fingerprint density at radius 3 is 2.60 bits per heavy atom. The molecule has 20 heavy (non-hydrogen) atoms. The van der Waals surface area contributed by atoms with Gasteiger partial charge in [-0.05, 0) is 24.3 Å². The normalized spacial score (nSPS) is 11.2. The summed E-state index contributed by atoms with van der Waals surface area (Å²) >= 11 is 0.890. The van der Waals surface area contributed by atoms with E-state index in [0.29, 0.717) is 4.88 Å². The number of carbonyl (C=O) groups excluding carboxylic acids is 1. The number of carboxylic acid groups (broad SMARTS) is 1. The minimum Gasteiger partial charge on any atom is -0.550 e. The average molecular weight is 315 g/mol. The number of rotatable bonds is 5. The molecule has 106 valence electrons. The molecule has 1 N–H and O–H groups in total. The molecule has 0 spiro atoms. The molecule has 0 aliphatic heterocycles. The van der Waals surface area contributed by atoms with Gasteiger partial charge in [0.05, 0.1) is 4.90 Å². The van der Waals surface area contributed by atoms with Gasteiger partial charge in [-0.15, -0.1) is 11.3 Å². The predicted octanol–water partition coefficient (Wildman–Crippen LogP) is 0.375. The molecule has 1 aromatic heterocycles. The van der Waals surface area contributed by atoms with Gasteiger partial charge in [0.2, 0.25) is 0 Å². The van der Waals surface area contributed by atoms with Gasteiger partial charge in [-0.3, -0.25) is 4.72 Å². The average Bonchev–Trinajstić information content (AvgIpc) is 2.75. The molecule has 0 aliphatic carbocycles. The Morgan fingerprint density at radius 1 is 1.35 bits per heavy atom. The maximum absolute atomic E-state index is 12.7. The van der Waals surface area contributed by atoms with Gasteiger partial charge in [-0.2, -0.15) is 0 Å². The van der Waals surface area contributed by atoms with Crippen LogP contribution in [0.15, 0.2) is 35.4 Å². The van der Waals surface area contributed by atoms with Crippen LogP contribution < -0.4 is 9.83 Å². The fourth-order valence-electron chi connectivity index (χ4n) is 1.37. The second-order valence-electron chi connectivity index (χ2n) is 3.74. The molecule has 0 saturated carbocycles. The van der Waals surface area contributed by atoms with Crippen molar-refractivity contribution in [2.24, 2.45) is 0 Å². The predicted molar refractivity (Wildman–Crippen MR) is 68.0 cm³/mol. The minimum absolute atomic E-state index is 0.0329. The van der Waals surface area contributed by atoms with Crippen molar-refractivity contribution in [2.75, 3.05) is 4.72 Å². The Bertz CT molecular complexity index is 725. The van der Waals surface area contributed by atoms with E-state index in [1.807, 2.05) is 0 Å². The van der Waals surface area contributed by atoms with Crippen LogP contribution in [-0.2, 0) is 21.2 Å². The molecule has 9 heteroatoms. The Labute approximate surface area is 118 Å². The topological polar surface area (TPSA) is 99.2 Å². The number of carboxylic acids is 1. The lowest BCUT2D eigenvalue weighted by Crippen LogP contribution is -2.23. The van der Waals surface area contributed by atoms with Gasteiger partial charge in [0.25, 0.3) is 10.0 Å². The Balaban J connectivity index is 2.18. The van der Waals surface area contributed by atoms with Crippen LogP contribution >= 0.6 is 11.3 Å². The summed E-state index contributed by atoms with van der Waals surface area (Å²) < 4.78 is 38.8. The van der Waals surface area contributed by atoms with Gasteiger partial charge in [0.1, 0.15) is 5.82 Å². The fraction of sp³-hybridized carbons (Fsp3) is 0.0909. The van der Waals surface area contributed by atoms with Crippen LogP contribution in [0.5, 0.6) is 0 Å². The van der Waals surface area contributed by atoms with Gasteiger partial charge in [0.15, 0.2) is 5.13 Å². The number of hydrogen-bond acceptors (Lipinski definition) is 6. The van der Waals surface area contributed by atoms with Crippen LogP contribution in [0.2, 0.25) is 0 Å². The number of anilines is 1. The van der Waals surface area contributed by atoms with Gasteiger partial charge < -0.3 is 9.90 Å². The van der Waals surface area contributed by atoms with Crippen molar-refractivity contribution in [1.29, 1.82) is 0 Å². The molecule has 0 bridgehead atoms. The monoisotopic (exact) mass is 315 g/mol. The molecular formula is C11H8FN2O4S2-. The quantitative estimate of drug-likeness (QED) is 0.859. The van der Waals surface area contributed by atoms with Crippen molar-refractivity contribution in [3.8, 4) is 0 Å². The highest BCUT2D eigenvalue weighted by Crippen LogP contribution is 2.22. The van der Waals surface area contributed by atoms with E-state index in [1.165, 1.54) is 6.20 Å². The van der Waals surface area contributed by atoms with E-state index in [1.54, 1.807) is 0 Å². The second-order valence-corrected chi connectivity index (χ2v) is 6.54. The molecule has 1 aromatic carbocycles. The molecule has 1 heterocycles. The smallest absolute Gasteiger partial charge is 0.263 e. The third-order valence-corrected chi connectivity index (χ3v) is 4.61. The number of carbonyl (C=O) groups is 1. The molecule has 0 atom stereocenters. The molecule has 2 aromatic rings. The maximum Gasteiger partial charge on any atom is 0.263 e. The summed E-state index contributed by atoms with van der Waals surface area (Å²) in [6.45, 7) is 0. The highest BCUT2D eigenvalue weighted by Gasteiger charge is 2.16. The number of sulfonamides is 1. The number of nitrogens with one attached hydrogen (secondary N) is 1. The summed E-state index contributed by atoms with van der Waals surface area (Å²) in [5, 5.41) is 10.4. The molecule has 0 fully saturated rings. The van der Waals surface area contributed by atoms with Crippen molar-refractivity contribution in [1.82, 2.24) is 4.98 Å². The van der Waals surface area contributed by atoms with Gasteiger partial charge >= 0.3 is 0 Å². The summed E-state index contributed by atoms with van der Waals surface area (Å²) in [4.78, 5) is 14.4. The largest absolute Gasteiger partial charge is 0.550 e. The number of thiazole rings is 1. The lowest BCUT2D eigenvalue weighted by molar-refractivity contribution is -0.304. The van der Waals surface area contributed by atoms with Crippen LogP contribution in [0.25, 0.3) is 0 Å². The zero-order chi connectivity index (χ0) is 14.8. The van der Waals surface area contributed by atoms with Crippen molar-refractivity contribution >= 4 is 32.5 Å². The van der Waals surface area contributed by atoms with Gasteiger partial charge in [-0.1, -0.05) is 0 Å². The minimum atomic E-state index is -3.88. The molecule has 0 aliphatic rings. The van der Waals surface area contributed by atoms with Crippen LogP contribution in [0.3, 0.4) is 0 Å². The summed E-state index contributed by atoms with van der Waals surface area (Å²) in [7, 11) is -3.88. The number of aliphatic carboxylic acids is 1. The lowest BCUT2D eigenvalue weighted by atomic mass is 10.4. The highest BCUT2D eigenvalue weighted by molar-refractivity contribution is 7.93. The summed E-state index contributed by atoms with van der Waals surface area (Å²) in [5.41, 5.74) is 0.